The Morgan fingerprint density at radius 3 is 1.39 bits per heavy atom. The Kier molecular flexibility index (Phi) is 47.5. The molecule has 0 aromatic rings. The Labute approximate surface area is 293 Å². The van der Waals surface area contributed by atoms with Crippen molar-refractivity contribution in [2.24, 2.45) is 0 Å². The van der Waals surface area contributed by atoms with Gasteiger partial charge in [0.05, 0.1) is 106 Å². The van der Waals surface area contributed by atoms with Crippen molar-refractivity contribution >= 4 is 24.6 Å². The Morgan fingerprint density at radius 2 is 1.04 bits per heavy atom. The first-order valence-electron chi connectivity index (χ1n) is 16.9. The van der Waals surface area contributed by atoms with Gasteiger partial charge in [0.2, 0.25) is 0 Å². The third-order valence-corrected chi connectivity index (χ3v) is 5.87. The lowest BCUT2D eigenvalue weighted by molar-refractivity contribution is -0.138. The molecule has 1 aliphatic rings. The summed E-state index contributed by atoms with van der Waals surface area (Å²) in [5.41, 5.74) is 0. The van der Waals surface area contributed by atoms with Crippen molar-refractivity contribution in [1.29, 1.82) is 0 Å². The normalized spacial score (nSPS) is 12.4. The third-order valence-electron chi connectivity index (χ3n) is 5.87. The Hall–Kier alpha value is -2.38. The van der Waals surface area contributed by atoms with Crippen LogP contribution in [0.1, 0.15) is 40.0 Å². The topological polar surface area (TPSA) is 190 Å². The molecule has 0 saturated heterocycles. The van der Waals surface area contributed by atoms with Crippen molar-refractivity contribution < 1.29 is 62.2 Å². The van der Waals surface area contributed by atoms with Crippen molar-refractivity contribution in [2.75, 3.05) is 133 Å². The fourth-order valence-corrected chi connectivity index (χ4v) is 3.48. The molecule has 0 aliphatic carbocycles. The summed E-state index contributed by atoms with van der Waals surface area (Å²) in [4.78, 5) is 40.4. The second-order valence-electron chi connectivity index (χ2n) is 9.63. The predicted octanol–water partition coefficient (Wildman–Crippen LogP) is 0.954. The van der Waals surface area contributed by atoms with Crippen LogP contribution in [0.4, 0.5) is 0 Å². The summed E-state index contributed by atoms with van der Waals surface area (Å²) in [6.07, 6.45) is 6.48. The van der Waals surface area contributed by atoms with E-state index in [0.717, 1.165) is 30.1 Å². The molecule has 2 amide bonds. The van der Waals surface area contributed by atoms with Crippen LogP contribution >= 0.6 is 0 Å². The number of carbonyl (C=O) groups is 4. The summed E-state index contributed by atoms with van der Waals surface area (Å²) < 4.78 is 43.0. The number of aldehydes is 1. The van der Waals surface area contributed by atoms with E-state index < -0.39 is 11.8 Å². The summed E-state index contributed by atoms with van der Waals surface area (Å²) in [7, 11) is 3.65. The predicted molar refractivity (Wildman–Crippen MR) is 185 cm³/mol. The van der Waals surface area contributed by atoms with Crippen molar-refractivity contribution in [1.82, 2.24) is 15.5 Å². The molecular formula is C33H65N3O13. The van der Waals surface area contributed by atoms with Gasteiger partial charge in [0.15, 0.2) is 0 Å². The number of unbranched alkanes of at least 4 members (excludes halogenated alkanes) is 1. The lowest BCUT2D eigenvalue weighted by Crippen LogP contribution is -2.31. The van der Waals surface area contributed by atoms with Gasteiger partial charge in [-0.05, 0) is 33.4 Å². The van der Waals surface area contributed by atoms with Crippen LogP contribution in [0.25, 0.3) is 0 Å². The molecule has 3 N–H and O–H groups in total. The van der Waals surface area contributed by atoms with Gasteiger partial charge >= 0.3 is 0 Å². The maximum atomic E-state index is 10.6. The molecule has 16 heteroatoms. The fraction of sp³-hybridized carbons (Fsp3) is 0.818. The van der Waals surface area contributed by atoms with Crippen LogP contribution in [0.5, 0.6) is 0 Å². The van der Waals surface area contributed by atoms with E-state index in [1.807, 2.05) is 20.9 Å². The molecule has 0 fully saturated rings. The highest BCUT2D eigenvalue weighted by molar-refractivity contribution is 6.13. The summed E-state index contributed by atoms with van der Waals surface area (Å²) in [5.74, 6) is -0.839. The zero-order chi connectivity index (χ0) is 37.1. The number of methoxy groups -OCH3 is 1. The lowest BCUT2D eigenvalue weighted by atomic mass is 10.1. The standard InChI is InChI=1S/C24H52N2O8.C6H5NO3.C2H6.CH2O2/c1-24(6-4-5-7-25-2)26-8-9-28-12-13-30-16-17-32-20-21-34-23-22-33-19-18-31-15-14-29-11-10-27-3;8-4-3-7-5(9)1-2-6(7)10;1-2;2-1-3/h24-26H,4-23H2,1-3H3;1-2,4H,3H2;1-2H3;1H,(H,2,3). The zero-order valence-corrected chi connectivity index (χ0v) is 30.5. The molecule has 0 aromatic carbocycles. The highest BCUT2D eigenvalue weighted by Crippen LogP contribution is 2.01. The SMILES string of the molecule is CC.CNCCCCC(C)NCCOCCOCCOCCOCCOCCOCCOCCOC.O=CCN1C(=O)C=CC1=O.O=CO. The number of imide groups is 1. The van der Waals surface area contributed by atoms with E-state index in [4.69, 9.17) is 47.8 Å². The average Bonchev–Trinajstić information content (AvgIpc) is 3.42. The van der Waals surface area contributed by atoms with Gasteiger partial charge in [0.1, 0.15) is 6.29 Å². The maximum Gasteiger partial charge on any atom is 0.290 e. The van der Waals surface area contributed by atoms with Gasteiger partial charge in [-0.1, -0.05) is 20.3 Å². The highest BCUT2D eigenvalue weighted by atomic mass is 16.6. The highest BCUT2D eigenvalue weighted by Gasteiger charge is 2.21. The van der Waals surface area contributed by atoms with Crippen LogP contribution in [0, 0.1) is 0 Å². The summed E-state index contributed by atoms with van der Waals surface area (Å²) >= 11 is 0. The maximum absolute atomic E-state index is 10.6. The van der Waals surface area contributed by atoms with Crippen LogP contribution < -0.4 is 10.6 Å². The summed E-state index contributed by atoms with van der Waals surface area (Å²) in [5, 5.41) is 13.5. The van der Waals surface area contributed by atoms with E-state index in [1.54, 1.807) is 7.11 Å². The number of hydrogen-bond donors (Lipinski definition) is 3. The Bertz CT molecular complexity index is 731. The fourth-order valence-electron chi connectivity index (χ4n) is 3.48. The zero-order valence-electron chi connectivity index (χ0n) is 30.5. The van der Waals surface area contributed by atoms with Gasteiger partial charge in [0, 0.05) is 31.8 Å². The second kappa shape index (κ2) is 45.6. The molecule has 16 nitrogen and oxygen atoms in total. The minimum Gasteiger partial charge on any atom is -0.483 e. The molecule has 1 atom stereocenters. The molecule has 1 aliphatic heterocycles. The average molecular weight is 712 g/mol. The molecule has 1 rings (SSSR count). The Morgan fingerprint density at radius 1 is 0.673 bits per heavy atom. The largest absolute Gasteiger partial charge is 0.483 e. The molecule has 0 aromatic heterocycles. The first-order chi connectivity index (χ1) is 24.0. The molecule has 0 saturated carbocycles. The number of carboxylic acid groups (broad SMARTS) is 1. The first-order valence-corrected chi connectivity index (χ1v) is 16.9. The molecule has 290 valence electrons. The molecule has 49 heavy (non-hydrogen) atoms. The summed E-state index contributed by atoms with van der Waals surface area (Å²) in [6.45, 7) is 16.4. The van der Waals surface area contributed by atoms with Crippen molar-refractivity contribution in [3.63, 3.8) is 0 Å². The number of nitrogens with one attached hydrogen (secondary N) is 2. The van der Waals surface area contributed by atoms with Gasteiger partial charge in [0.25, 0.3) is 18.3 Å². The summed E-state index contributed by atoms with van der Waals surface area (Å²) in [6, 6.07) is 0.535. The Balaban J connectivity index is -0.00000116. The van der Waals surface area contributed by atoms with Gasteiger partial charge in [-0.25, -0.2) is 0 Å². The molecule has 1 unspecified atom stereocenters. The van der Waals surface area contributed by atoms with Crippen molar-refractivity contribution in [3.05, 3.63) is 12.2 Å². The third kappa shape index (κ3) is 41.7. The van der Waals surface area contributed by atoms with Crippen molar-refractivity contribution in [3.8, 4) is 0 Å². The van der Waals surface area contributed by atoms with E-state index in [9.17, 15) is 14.4 Å². The molecule has 0 spiro atoms. The minimum atomic E-state index is -0.419. The van der Waals surface area contributed by atoms with Crippen LogP contribution in [-0.4, -0.2) is 174 Å². The van der Waals surface area contributed by atoms with Gasteiger partial charge in [-0.15, -0.1) is 0 Å². The van der Waals surface area contributed by atoms with Crippen LogP contribution in [0.3, 0.4) is 0 Å². The molecular weight excluding hydrogens is 646 g/mol. The van der Waals surface area contributed by atoms with Crippen LogP contribution in [0.15, 0.2) is 12.2 Å². The monoisotopic (exact) mass is 711 g/mol. The molecule has 0 bridgehead atoms. The molecule has 0 radical (unpaired) electrons. The van der Waals surface area contributed by atoms with Crippen LogP contribution in [-0.2, 0) is 57.1 Å². The van der Waals surface area contributed by atoms with E-state index >= 15 is 0 Å². The van der Waals surface area contributed by atoms with E-state index in [0.29, 0.717) is 111 Å². The number of hydrogen-bond acceptors (Lipinski definition) is 14. The van der Waals surface area contributed by atoms with Gasteiger partial charge in [-0.2, -0.15) is 0 Å². The number of carbonyl (C=O) groups excluding carboxylic acids is 3. The second-order valence-corrected chi connectivity index (χ2v) is 9.63. The minimum absolute atomic E-state index is 0.148. The first kappa shape index (κ1) is 51.0. The van der Waals surface area contributed by atoms with Gasteiger partial charge in [-0.3, -0.25) is 19.3 Å². The van der Waals surface area contributed by atoms with Gasteiger partial charge < -0.3 is 58.4 Å². The number of amides is 2. The lowest BCUT2D eigenvalue weighted by Gasteiger charge is -2.13. The van der Waals surface area contributed by atoms with E-state index in [-0.39, 0.29) is 13.0 Å². The van der Waals surface area contributed by atoms with Crippen molar-refractivity contribution in [2.45, 2.75) is 46.1 Å². The number of rotatable bonds is 32. The smallest absolute Gasteiger partial charge is 0.290 e. The van der Waals surface area contributed by atoms with E-state index in [1.165, 1.54) is 19.3 Å². The van der Waals surface area contributed by atoms with Crippen LogP contribution in [0.2, 0.25) is 0 Å². The van der Waals surface area contributed by atoms with E-state index in [2.05, 4.69) is 17.6 Å². The number of nitrogens with zero attached hydrogens (tertiary/aromatic N) is 1. The molecule has 1 heterocycles. The number of ether oxygens (including phenoxy) is 8. The quantitative estimate of drug-likeness (QED) is 0.0508.